The highest BCUT2D eigenvalue weighted by molar-refractivity contribution is 5.86. The fraction of sp³-hybridized carbons (Fsp3) is 0.0339. The van der Waals surface area contributed by atoms with Gasteiger partial charge in [-0.25, -0.2) is 15.0 Å². The van der Waals surface area contributed by atoms with Gasteiger partial charge in [0.25, 0.3) is 0 Å². The van der Waals surface area contributed by atoms with E-state index < -0.39 is 0 Å². The monoisotopic (exact) mass is 809 g/mol. The molecule has 10 aromatic rings. The Labute approximate surface area is 368 Å². The van der Waals surface area contributed by atoms with Gasteiger partial charge in [0.05, 0.1) is 34.2 Å². The van der Waals surface area contributed by atoms with Crippen molar-refractivity contribution < 1.29 is 5.11 Å². The Morgan fingerprint density at radius 2 is 0.492 bits per heavy atom. The number of aromatic hydroxyl groups is 1. The number of hydrogen-bond donors (Lipinski definition) is 1. The van der Waals surface area contributed by atoms with E-state index in [2.05, 4.69) is 178 Å². The van der Waals surface area contributed by atoms with Gasteiger partial charge in [0.2, 0.25) is 0 Å². The van der Waals surface area contributed by atoms with Crippen molar-refractivity contribution in [1.82, 2.24) is 15.0 Å². The second-order valence-electron chi connectivity index (χ2n) is 16.1. The molecule has 0 fully saturated rings. The lowest BCUT2D eigenvalue weighted by atomic mass is 9.93. The number of aromatic nitrogens is 3. The van der Waals surface area contributed by atoms with E-state index in [0.29, 0.717) is 0 Å². The molecule has 63 heavy (non-hydrogen) atoms. The average molecular weight is 810 g/mol. The van der Waals surface area contributed by atoms with Gasteiger partial charge in [-0.3, -0.25) is 0 Å². The summed E-state index contributed by atoms with van der Waals surface area (Å²) < 4.78 is 0. The summed E-state index contributed by atoms with van der Waals surface area (Å²) in [6.45, 7) is 4.23. The van der Waals surface area contributed by atoms with Gasteiger partial charge in [-0.2, -0.15) is 0 Å². The Morgan fingerprint density at radius 3 is 0.778 bits per heavy atom. The third-order valence-corrected chi connectivity index (χ3v) is 11.5. The highest BCUT2D eigenvalue weighted by atomic mass is 16.3. The van der Waals surface area contributed by atoms with Crippen LogP contribution in [-0.4, -0.2) is 20.1 Å². The van der Waals surface area contributed by atoms with E-state index in [0.717, 1.165) is 101 Å². The molecule has 300 valence electrons. The normalized spacial score (nSPS) is 11.1. The number of phenols is 1. The predicted molar refractivity (Wildman–Crippen MR) is 260 cm³/mol. The maximum atomic E-state index is 10.2. The molecule has 4 nitrogen and oxygen atoms in total. The maximum Gasteiger partial charge on any atom is 0.115 e. The van der Waals surface area contributed by atoms with Crippen LogP contribution >= 0.6 is 0 Å². The molecule has 0 bridgehead atoms. The number of pyridine rings is 3. The van der Waals surface area contributed by atoms with Crippen LogP contribution in [0.1, 0.15) is 11.1 Å². The van der Waals surface area contributed by atoms with E-state index >= 15 is 0 Å². The topological polar surface area (TPSA) is 58.9 Å². The van der Waals surface area contributed by atoms with Gasteiger partial charge in [-0.1, -0.05) is 163 Å². The van der Waals surface area contributed by atoms with E-state index in [1.807, 2.05) is 42.5 Å². The van der Waals surface area contributed by atoms with Crippen LogP contribution in [0, 0.1) is 13.8 Å². The second kappa shape index (κ2) is 17.0. The molecular weight excluding hydrogens is 767 g/mol. The van der Waals surface area contributed by atoms with Crippen LogP contribution < -0.4 is 0 Å². The zero-order chi connectivity index (χ0) is 42.7. The summed E-state index contributed by atoms with van der Waals surface area (Å²) in [4.78, 5) is 16.2. The summed E-state index contributed by atoms with van der Waals surface area (Å²) in [5, 5.41) is 10.2. The summed E-state index contributed by atoms with van der Waals surface area (Å²) in [6, 6.07) is 75.4. The van der Waals surface area contributed by atoms with E-state index in [1.54, 1.807) is 12.1 Å². The molecule has 0 atom stereocenters. The number of benzene rings is 7. The molecule has 0 unspecified atom stereocenters. The Bertz CT molecular complexity index is 2840. The molecule has 4 heteroatoms. The minimum Gasteiger partial charge on any atom is -0.508 e. The molecule has 0 spiro atoms. The third-order valence-electron chi connectivity index (χ3n) is 11.5. The molecule has 0 amide bonds. The van der Waals surface area contributed by atoms with Crippen LogP contribution in [0.3, 0.4) is 0 Å². The zero-order valence-electron chi connectivity index (χ0n) is 35.1. The van der Waals surface area contributed by atoms with E-state index in [4.69, 9.17) is 15.0 Å². The Balaban J connectivity index is 1.24. The molecule has 3 aromatic heterocycles. The molecule has 0 saturated heterocycles. The molecule has 0 radical (unpaired) electrons. The first-order chi connectivity index (χ1) is 30.9. The minimum atomic E-state index is 0.221. The molecule has 1 N–H and O–H groups in total. The number of rotatable bonds is 9. The van der Waals surface area contributed by atoms with Crippen LogP contribution in [0.25, 0.3) is 101 Å². The van der Waals surface area contributed by atoms with Crippen LogP contribution in [-0.2, 0) is 0 Å². The van der Waals surface area contributed by atoms with Crippen molar-refractivity contribution in [2.75, 3.05) is 0 Å². The summed E-state index contributed by atoms with van der Waals surface area (Å²) in [7, 11) is 0. The molecule has 0 aliphatic rings. The summed E-state index contributed by atoms with van der Waals surface area (Å²) in [5.74, 6) is 0.221. The van der Waals surface area contributed by atoms with Crippen molar-refractivity contribution in [3.8, 4) is 107 Å². The highest BCUT2D eigenvalue weighted by Gasteiger charge is 2.17. The van der Waals surface area contributed by atoms with Crippen molar-refractivity contribution in [1.29, 1.82) is 0 Å². The SMILES string of the molecule is Cc1ccc(-c2cc(-c3ccccc3)nc(-c3cc(-c4cc(-c5ccc(C)cc5)cc(-c5ccccc5)n4)cc(-c4cc(-c5ccc(O)cc5)cc(-c5ccccc5)n4)c3)c2)cc1. The van der Waals surface area contributed by atoms with Gasteiger partial charge >= 0.3 is 0 Å². The average Bonchev–Trinajstić information content (AvgIpc) is 3.35. The van der Waals surface area contributed by atoms with Crippen LogP contribution in [0.2, 0.25) is 0 Å². The quantitative estimate of drug-likeness (QED) is 0.158. The standard InChI is InChI=1S/C59H43N3O/c1-39-18-22-41(23-19-39)47-33-54(44-12-6-3-7-13-44)60-57(36-47)50-30-51(58-37-48(42-24-20-40(2)21-25-42)34-55(61-58)45-14-8-4-9-15-45)32-52(31-50)59-38-49(43-26-28-53(63)29-27-43)35-56(62-59)46-16-10-5-11-17-46/h3-38,63H,1-2H3. The summed E-state index contributed by atoms with van der Waals surface area (Å²) >= 11 is 0. The summed E-state index contributed by atoms with van der Waals surface area (Å²) in [5.41, 5.74) is 19.8. The number of hydrogen-bond acceptors (Lipinski definition) is 4. The number of phenolic OH excluding ortho intramolecular Hbond substituents is 1. The van der Waals surface area contributed by atoms with Gasteiger partial charge in [-0.15, -0.1) is 0 Å². The smallest absolute Gasteiger partial charge is 0.115 e. The number of nitrogens with zero attached hydrogens (tertiary/aromatic N) is 3. The second-order valence-corrected chi connectivity index (χ2v) is 16.1. The van der Waals surface area contributed by atoms with Crippen LogP contribution in [0.5, 0.6) is 5.75 Å². The van der Waals surface area contributed by atoms with Crippen molar-refractivity contribution in [2.45, 2.75) is 13.8 Å². The lowest BCUT2D eigenvalue weighted by molar-refractivity contribution is 0.475. The number of aryl methyl sites for hydroxylation is 2. The third kappa shape index (κ3) is 8.56. The van der Waals surface area contributed by atoms with E-state index in [9.17, 15) is 5.11 Å². The van der Waals surface area contributed by atoms with E-state index in [-0.39, 0.29) is 5.75 Å². The zero-order valence-corrected chi connectivity index (χ0v) is 35.1. The maximum absolute atomic E-state index is 10.2. The molecule has 0 saturated carbocycles. The highest BCUT2D eigenvalue weighted by Crippen LogP contribution is 2.39. The largest absolute Gasteiger partial charge is 0.508 e. The molecular formula is C59H43N3O. The fourth-order valence-corrected chi connectivity index (χ4v) is 8.02. The lowest BCUT2D eigenvalue weighted by Crippen LogP contribution is -1.96. The van der Waals surface area contributed by atoms with Crippen molar-refractivity contribution in [3.05, 3.63) is 230 Å². The van der Waals surface area contributed by atoms with Gasteiger partial charge in [0.15, 0.2) is 0 Å². The Kier molecular flexibility index (Phi) is 10.5. The molecule has 3 heterocycles. The predicted octanol–water partition coefficient (Wildman–Crippen LogP) is 15.2. The minimum absolute atomic E-state index is 0.221. The van der Waals surface area contributed by atoms with Gasteiger partial charge in [0, 0.05) is 33.4 Å². The first-order valence-electron chi connectivity index (χ1n) is 21.2. The van der Waals surface area contributed by atoms with Gasteiger partial charge in [0.1, 0.15) is 5.75 Å². The van der Waals surface area contributed by atoms with E-state index in [1.165, 1.54) is 11.1 Å². The molecule has 0 aliphatic carbocycles. The van der Waals surface area contributed by atoms with Crippen LogP contribution in [0.4, 0.5) is 0 Å². The molecule has 7 aromatic carbocycles. The molecule has 10 rings (SSSR count). The Hall–Kier alpha value is -8.21. The van der Waals surface area contributed by atoms with Crippen molar-refractivity contribution in [2.24, 2.45) is 0 Å². The lowest BCUT2D eigenvalue weighted by Gasteiger charge is -2.16. The Morgan fingerprint density at radius 1 is 0.238 bits per heavy atom. The molecule has 0 aliphatic heterocycles. The van der Waals surface area contributed by atoms with Gasteiger partial charge in [-0.05, 0) is 114 Å². The first kappa shape index (κ1) is 39.0. The van der Waals surface area contributed by atoms with Crippen LogP contribution in [0.15, 0.2) is 218 Å². The van der Waals surface area contributed by atoms with Crippen molar-refractivity contribution >= 4 is 0 Å². The fourth-order valence-electron chi connectivity index (χ4n) is 8.02. The van der Waals surface area contributed by atoms with Gasteiger partial charge < -0.3 is 5.11 Å². The summed E-state index contributed by atoms with van der Waals surface area (Å²) in [6.07, 6.45) is 0. The van der Waals surface area contributed by atoms with Crippen molar-refractivity contribution in [3.63, 3.8) is 0 Å². The first-order valence-corrected chi connectivity index (χ1v) is 21.2.